The lowest BCUT2D eigenvalue weighted by Gasteiger charge is -2.26. The fourth-order valence-corrected chi connectivity index (χ4v) is 4.17. The Bertz CT molecular complexity index is 1260. The van der Waals surface area contributed by atoms with Crippen molar-refractivity contribution in [3.05, 3.63) is 94.6 Å². The molecule has 0 aromatic heterocycles. The lowest BCUT2D eigenvalue weighted by atomic mass is 9.93. The van der Waals surface area contributed by atoms with E-state index in [1.54, 1.807) is 56.7 Å². The number of amides is 1. The largest absolute Gasteiger partial charge is 0.507 e. The average Bonchev–Trinajstić information content (AvgIpc) is 3.09. The standard InChI is InChI=1S/C27H25NO5/c1-16-6-5-7-18(14-16)24-23(25(29)22-13-12-21(33-4)15-17(22)2)26(30)27(31)28(24)19-8-10-20(32-3)11-9-19/h5-15,24,29H,1-4H3/b25-23-. The second-order valence-corrected chi connectivity index (χ2v) is 7.96. The molecule has 1 N–H and O–H groups in total. The molecule has 1 atom stereocenters. The molecular weight excluding hydrogens is 418 g/mol. The molecule has 6 heteroatoms. The molecule has 3 aromatic carbocycles. The normalized spacial score (nSPS) is 17.3. The highest BCUT2D eigenvalue weighted by Gasteiger charge is 2.47. The number of benzene rings is 3. The van der Waals surface area contributed by atoms with Crippen LogP contribution >= 0.6 is 0 Å². The number of hydrogen-bond donors (Lipinski definition) is 1. The highest BCUT2D eigenvalue weighted by Crippen LogP contribution is 2.43. The van der Waals surface area contributed by atoms with Crippen molar-refractivity contribution in [1.29, 1.82) is 0 Å². The van der Waals surface area contributed by atoms with Gasteiger partial charge in [-0.2, -0.15) is 0 Å². The smallest absolute Gasteiger partial charge is 0.300 e. The number of aliphatic hydroxyl groups is 1. The molecule has 0 bridgehead atoms. The van der Waals surface area contributed by atoms with E-state index in [1.807, 2.05) is 38.1 Å². The van der Waals surface area contributed by atoms with Gasteiger partial charge in [-0.3, -0.25) is 14.5 Å². The summed E-state index contributed by atoms with van der Waals surface area (Å²) in [6, 6.07) is 18.9. The summed E-state index contributed by atoms with van der Waals surface area (Å²) in [5.74, 6) is -0.366. The van der Waals surface area contributed by atoms with Gasteiger partial charge >= 0.3 is 0 Å². The number of carbonyl (C=O) groups is 2. The van der Waals surface area contributed by atoms with Crippen molar-refractivity contribution in [3.8, 4) is 11.5 Å². The van der Waals surface area contributed by atoms with Gasteiger partial charge in [-0.15, -0.1) is 0 Å². The lowest BCUT2D eigenvalue weighted by molar-refractivity contribution is -0.132. The first-order valence-corrected chi connectivity index (χ1v) is 10.5. The first-order valence-electron chi connectivity index (χ1n) is 10.5. The number of methoxy groups -OCH3 is 2. The van der Waals surface area contributed by atoms with Crippen molar-refractivity contribution in [2.75, 3.05) is 19.1 Å². The molecule has 3 aromatic rings. The van der Waals surface area contributed by atoms with Crippen LogP contribution in [-0.2, 0) is 9.59 Å². The van der Waals surface area contributed by atoms with E-state index in [-0.39, 0.29) is 11.3 Å². The fraction of sp³-hybridized carbons (Fsp3) is 0.185. The van der Waals surface area contributed by atoms with E-state index in [0.29, 0.717) is 22.7 Å². The van der Waals surface area contributed by atoms with Crippen LogP contribution in [0, 0.1) is 13.8 Å². The fourth-order valence-electron chi connectivity index (χ4n) is 4.17. The summed E-state index contributed by atoms with van der Waals surface area (Å²) >= 11 is 0. The Kier molecular flexibility index (Phi) is 5.92. The van der Waals surface area contributed by atoms with Crippen LogP contribution in [0.2, 0.25) is 0 Å². The number of Topliss-reactive ketones (excluding diaryl/α,β-unsaturated/α-hetero) is 1. The second kappa shape index (κ2) is 8.82. The summed E-state index contributed by atoms with van der Waals surface area (Å²) in [6.45, 7) is 3.76. The SMILES string of the molecule is COc1ccc(N2C(=O)C(=O)/C(=C(\O)c3ccc(OC)cc3C)C2c2cccc(C)c2)cc1. The van der Waals surface area contributed by atoms with E-state index < -0.39 is 17.7 Å². The monoisotopic (exact) mass is 443 g/mol. The van der Waals surface area contributed by atoms with Gasteiger partial charge in [-0.25, -0.2) is 0 Å². The van der Waals surface area contributed by atoms with Crippen molar-refractivity contribution in [2.45, 2.75) is 19.9 Å². The highest BCUT2D eigenvalue weighted by molar-refractivity contribution is 6.51. The van der Waals surface area contributed by atoms with Crippen molar-refractivity contribution < 1.29 is 24.2 Å². The van der Waals surface area contributed by atoms with Crippen LogP contribution in [0.1, 0.15) is 28.3 Å². The van der Waals surface area contributed by atoms with Crippen molar-refractivity contribution in [1.82, 2.24) is 0 Å². The summed E-state index contributed by atoms with van der Waals surface area (Å²) in [5.41, 5.74) is 3.50. The van der Waals surface area contributed by atoms with E-state index in [1.165, 1.54) is 4.90 Å². The number of hydrogen-bond acceptors (Lipinski definition) is 5. The quantitative estimate of drug-likeness (QED) is 0.343. The van der Waals surface area contributed by atoms with Gasteiger partial charge in [0.1, 0.15) is 17.3 Å². The van der Waals surface area contributed by atoms with Gasteiger partial charge in [-0.05, 0) is 67.4 Å². The molecule has 168 valence electrons. The molecular formula is C27H25NO5. The molecule has 0 aliphatic carbocycles. The molecule has 4 rings (SSSR count). The Balaban J connectivity index is 1.94. The molecule has 0 spiro atoms. The maximum Gasteiger partial charge on any atom is 0.300 e. The van der Waals surface area contributed by atoms with E-state index in [2.05, 4.69) is 0 Å². The second-order valence-electron chi connectivity index (χ2n) is 7.96. The van der Waals surface area contributed by atoms with Crippen LogP contribution in [0.15, 0.2) is 72.3 Å². The highest BCUT2D eigenvalue weighted by atomic mass is 16.5. The maximum absolute atomic E-state index is 13.3. The Hall–Kier alpha value is -4.06. The first-order chi connectivity index (χ1) is 15.8. The maximum atomic E-state index is 13.3. The van der Waals surface area contributed by atoms with Crippen LogP contribution in [0.25, 0.3) is 5.76 Å². The van der Waals surface area contributed by atoms with E-state index >= 15 is 0 Å². The average molecular weight is 443 g/mol. The molecule has 0 radical (unpaired) electrons. The van der Waals surface area contributed by atoms with Crippen molar-refractivity contribution in [3.63, 3.8) is 0 Å². The number of anilines is 1. The van der Waals surface area contributed by atoms with E-state index in [4.69, 9.17) is 9.47 Å². The summed E-state index contributed by atoms with van der Waals surface area (Å²) < 4.78 is 10.5. The van der Waals surface area contributed by atoms with Gasteiger partial charge < -0.3 is 14.6 Å². The first kappa shape index (κ1) is 22.1. The number of carbonyl (C=O) groups excluding carboxylic acids is 2. The zero-order valence-corrected chi connectivity index (χ0v) is 19.0. The molecule has 1 saturated heterocycles. The van der Waals surface area contributed by atoms with Gasteiger partial charge in [0.15, 0.2) is 0 Å². The number of ether oxygens (including phenoxy) is 2. The van der Waals surface area contributed by atoms with Crippen molar-refractivity contribution in [2.24, 2.45) is 0 Å². The minimum absolute atomic E-state index is 0.0506. The third-order valence-corrected chi connectivity index (χ3v) is 5.84. The number of rotatable bonds is 5. The molecule has 33 heavy (non-hydrogen) atoms. The molecule has 1 unspecified atom stereocenters. The number of aliphatic hydroxyl groups excluding tert-OH is 1. The Morgan fingerprint density at radius 3 is 2.15 bits per heavy atom. The zero-order chi connectivity index (χ0) is 23.7. The van der Waals surface area contributed by atoms with Gasteiger partial charge in [0, 0.05) is 11.3 Å². The minimum Gasteiger partial charge on any atom is -0.507 e. The summed E-state index contributed by atoms with van der Waals surface area (Å²) in [4.78, 5) is 27.9. The molecule has 1 fully saturated rings. The van der Waals surface area contributed by atoms with Crippen LogP contribution in [-0.4, -0.2) is 31.0 Å². The molecule has 0 saturated carbocycles. The van der Waals surface area contributed by atoms with E-state index in [9.17, 15) is 14.7 Å². The van der Waals surface area contributed by atoms with Gasteiger partial charge in [0.2, 0.25) is 0 Å². The molecule has 1 amide bonds. The Morgan fingerprint density at radius 2 is 1.55 bits per heavy atom. The summed E-state index contributed by atoms with van der Waals surface area (Å²) in [5, 5.41) is 11.3. The Morgan fingerprint density at radius 1 is 0.879 bits per heavy atom. The van der Waals surface area contributed by atoms with Crippen LogP contribution < -0.4 is 14.4 Å². The molecule has 1 aliphatic rings. The number of nitrogens with zero attached hydrogens (tertiary/aromatic N) is 1. The van der Waals surface area contributed by atoms with Crippen molar-refractivity contribution >= 4 is 23.1 Å². The van der Waals surface area contributed by atoms with Gasteiger partial charge in [-0.1, -0.05) is 29.8 Å². The lowest BCUT2D eigenvalue weighted by Crippen LogP contribution is -2.29. The number of aryl methyl sites for hydroxylation is 2. The van der Waals surface area contributed by atoms with Crippen LogP contribution in [0.5, 0.6) is 11.5 Å². The number of ketones is 1. The molecule has 1 aliphatic heterocycles. The predicted molar refractivity (Wildman–Crippen MR) is 127 cm³/mol. The predicted octanol–water partition coefficient (Wildman–Crippen LogP) is 4.95. The summed E-state index contributed by atoms with van der Waals surface area (Å²) in [7, 11) is 3.12. The van der Waals surface area contributed by atoms with E-state index in [0.717, 1.165) is 16.7 Å². The van der Waals surface area contributed by atoms with Crippen LogP contribution in [0.4, 0.5) is 5.69 Å². The van der Waals surface area contributed by atoms with Gasteiger partial charge in [0.05, 0.1) is 25.8 Å². The third kappa shape index (κ3) is 3.96. The topological polar surface area (TPSA) is 76.1 Å². The minimum atomic E-state index is -0.778. The van der Waals surface area contributed by atoms with Crippen LogP contribution in [0.3, 0.4) is 0 Å². The van der Waals surface area contributed by atoms with Gasteiger partial charge in [0.25, 0.3) is 11.7 Å². The third-order valence-electron chi connectivity index (χ3n) is 5.84. The summed E-state index contributed by atoms with van der Waals surface area (Å²) in [6.07, 6.45) is 0. The molecule has 6 nitrogen and oxygen atoms in total. The zero-order valence-electron chi connectivity index (χ0n) is 19.0. The Labute approximate surface area is 192 Å². The molecule has 1 heterocycles.